The number of nitriles is 1. The molecule has 13 aromatic rings. The maximum Gasteiger partial charge on any atom is 0.573 e. The van der Waals surface area contributed by atoms with Crippen molar-refractivity contribution >= 4 is 58.3 Å². The first-order valence-electron chi connectivity index (χ1n) is 51.6. The SMILES string of the molecule is CC(C)c1ccc(-c2ccccn2)s1.CC(C)c1ccc(OC(F)(F)F)cc1.CC(C)c1cnc(-c2ccccc2)cn1.CC(C)c1cnc(N2CCCCC2)cn1.CC(C)c1cnc(N2CCN(C)CC2)cn1.CC(C)c1cnc(N2CCNCC2)cn1.CCc1ncc(C(C)C)c(C#N)n1.COC(=O)c1cccc(C(C)C)c1.COC(=O)c1ccccc1C(C)C.CSc1cc(C(C)C)ncn1.[C-]#[N+]c1cc(C(C)C)ncn1. The number of benzene rings is 4. The van der Waals surface area contributed by atoms with E-state index >= 15 is 0 Å². The van der Waals surface area contributed by atoms with Crippen molar-refractivity contribution in [3.8, 4) is 33.6 Å². The molecule has 9 aromatic heterocycles. The standard InChI is InChI=1S/C13H14N2.C12H20N4.C12H19N3.C12H13NS.C11H18N4.2C11H14O2.C10H11F3O.C10H13N3.C8H9N3.C8H12N2S/c1-10(2)12-8-15-13(9-14-12)11-6-4-3-5-7-11;1-10(2)11-8-14-12(9-13-11)16-6-4-15(3)5-7-16;1-10(2)11-8-14-12(9-13-11)15-6-4-3-5-7-15;1-9(2)11-6-7-12(14-11)10-5-3-4-8-13-10;1-9(2)10-7-14-11(8-13-10)15-5-3-12-4-6-15;1-8(2)9-5-4-6-10(7-9)11(12)13-3;1-8(2)9-6-4-5-7-10(9)11(12)13-3;1-7(2)8-3-5-9(6-4-8)14-10(11,12)13;1-4-10-12-6-8(7(2)3)9(5-11)13-10;1-6(2)7-4-8(9-3)11-5-10-7;1-6(2)7-4-8(11-3)10-5-9-7/h3-10H,1-2H3;8-10H,4-7H2,1-3H3;8-10H,3-7H2,1-2H3;3-9H,1-2H3;7-9,12H,3-6H2,1-2H3;2*4-8H,1-3H3;3-7H,1-2H3;6-7H,4H2,1-3H3;4-6H,1-2H3;4-6H,1-3H3. The van der Waals surface area contributed by atoms with Gasteiger partial charge in [0.2, 0.25) is 6.33 Å². The second kappa shape index (κ2) is 66.8. The first kappa shape index (κ1) is 125. The van der Waals surface area contributed by atoms with Crippen LogP contribution in [0.3, 0.4) is 0 Å². The molecule has 3 saturated heterocycles. The predicted molar refractivity (Wildman–Crippen MR) is 604 cm³/mol. The van der Waals surface area contributed by atoms with Gasteiger partial charge >= 0.3 is 18.3 Å². The number of rotatable bonds is 21. The third-order valence-corrected chi connectivity index (χ3v) is 25.7. The summed E-state index contributed by atoms with van der Waals surface area (Å²) in [5.74, 6) is 8.14. The zero-order valence-electron chi connectivity index (χ0n) is 92.9. The van der Waals surface area contributed by atoms with Crippen LogP contribution in [0.2, 0.25) is 0 Å². The van der Waals surface area contributed by atoms with Gasteiger partial charge in [0.25, 0.3) is 5.82 Å². The normalized spacial score (nSPS) is 12.6. The average Bonchev–Trinajstić information content (AvgIpc) is 1.59. The molecular formula is C118H157F3N22O5S2. The molecular weight excluding hydrogens is 1930 g/mol. The Morgan fingerprint density at radius 1 is 0.453 bits per heavy atom. The molecule has 0 spiro atoms. The second-order valence-corrected chi connectivity index (χ2v) is 41.0. The number of nitrogens with zero attached hydrogens (tertiary/aromatic N) is 21. The van der Waals surface area contributed by atoms with E-state index in [-0.39, 0.29) is 17.7 Å². The number of hydrogen-bond acceptors (Lipinski definition) is 28. The van der Waals surface area contributed by atoms with Crippen LogP contribution < -0.4 is 24.8 Å². The summed E-state index contributed by atoms with van der Waals surface area (Å²) in [6.45, 7) is 65.5. The minimum Gasteiger partial charge on any atom is -0.465 e. The van der Waals surface area contributed by atoms with Crippen LogP contribution in [0.5, 0.6) is 5.75 Å². The number of thioether (sulfide) groups is 1. The summed E-state index contributed by atoms with van der Waals surface area (Å²) in [4.78, 5) is 102. The highest BCUT2D eigenvalue weighted by molar-refractivity contribution is 7.98. The number of piperidine rings is 1. The molecule has 3 aliphatic heterocycles. The van der Waals surface area contributed by atoms with Gasteiger partial charge in [-0.1, -0.05) is 245 Å². The third kappa shape index (κ3) is 45.1. The lowest BCUT2D eigenvalue weighted by atomic mass is 9.97. The van der Waals surface area contributed by atoms with Crippen LogP contribution in [0, 0.1) is 17.9 Å². The zero-order valence-corrected chi connectivity index (χ0v) is 94.6. The van der Waals surface area contributed by atoms with E-state index in [1.807, 2.05) is 207 Å². The fourth-order valence-corrected chi connectivity index (χ4v) is 15.6. The minimum absolute atomic E-state index is 0.179. The molecule has 27 nitrogen and oxygen atoms in total. The molecule has 12 heterocycles. The summed E-state index contributed by atoms with van der Waals surface area (Å²) in [5.41, 5.74) is 15.3. The Kier molecular flexibility index (Phi) is 55.7. The van der Waals surface area contributed by atoms with Crippen LogP contribution in [0.1, 0.15) is 337 Å². The maximum absolute atomic E-state index is 11.8. The highest BCUT2D eigenvalue weighted by Crippen LogP contribution is 2.33. The second-order valence-electron chi connectivity index (χ2n) is 39.1. The van der Waals surface area contributed by atoms with Crippen LogP contribution in [0.25, 0.3) is 26.7 Å². The Morgan fingerprint density at radius 2 is 0.953 bits per heavy atom. The predicted octanol–water partition coefficient (Wildman–Crippen LogP) is 27.6. The lowest BCUT2D eigenvalue weighted by molar-refractivity contribution is -0.274. The zero-order chi connectivity index (χ0) is 110. The Bertz CT molecular complexity index is 6030. The van der Waals surface area contributed by atoms with E-state index in [2.05, 4.69) is 261 Å². The average molecular weight is 2080 g/mol. The number of piperazine rings is 2. The number of halogens is 3. The molecule has 0 unspecified atom stereocenters. The number of esters is 2. The van der Waals surface area contributed by atoms with Gasteiger partial charge < -0.3 is 44.0 Å². The monoisotopic (exact) mass is 2080 g/mol. The first-order valence-corrected chi connectivity index (χ1v) is 53.7. The number of aromatic nitrogens is 15. The summed E-state index contributed by atoms with van der Waals surface area (Å²) < 4.78 is 48.4. The van der Waals surface area contributed by atoms with E-state index in [1.54, 1.807) is 54.6 Å². The molecule has 0 bridgehead atoms. The van der Waals surface area contributed by atoms with Gasteiger partial charge in [0.1, 0.15) is 47.1 Å². The highest BCUT2D eigenvalue weighted by atomic mass is 32.2. The number of carbonyl (C=O) groups is 2. The van der Waals surface area contributed by atoms with Gasteiger partial charge in [-0.2, -0.15) is 5.26 Å². The Hall–Kier alpha value is -13.5. The number of thiophene rings is 1. The molecule has 16 rings (SSSR count). The number of methoxy groups -OCH3 is 2. The van der Waals surface area contributed by atoms with Crippen LogP contribution in [0.4, 0.5) is 36.4 Å². The van der Waals surface area contributed by atoms with Crippen LogP contribution >= 0.6 is 23.1 Å². The number of likely N-dealkylation sites (N-methyl/N-ethyl adjacent to an activating group) is 1. The molecule has 3 fully saturated rings. The minimum atomic E-state index is -4.61. The van der Waals surface area contributed by atoms with Crippen molar-refractivity contribution in [2.75, 3.05) is 108 Å². The number of pyridine rings is 1. The van der Waals surface area contributed by atoms with Crippen molar-refractivity contribution in [3.05, 3.63) is 316 Å². The maximum atomic E-state index is 11.8. The molecule has 1 N–H and O–H groups in total. The molecule has 0 atom stereocenters. The Balaban J connectivity index is 0.000000252. The van der Waals surface area contributed by atoms with Crippen molar-refractivity contribution in [3.63, 3.8) is 0 Å². The van der Waals surface area contributed by atoms with Crippen molar-refractivity contribution in [1.82, 2.24) is 85.0 Å². The summed E-state index contributed by atoms with van der Waals surface area (Å²) >= 11 is 3.48. The molecule has 0 radical (unpaired) electrons. The van der Waals surface area contributed by atoms with Crippen LogP contribution in [0.15, 0.2) is 225 Å². The topological polar surface area (TPSA) is 308 Å². The summed E-state index contributed by atoms with van der Waals surface area (Å²) in [7, 11) is 4.95. The van der Waals surface area contributed by atoms with Crippen molar-refractivity contribution in [2.45, 2.75) is 261 Å². The molecule has 0 amide bonds. The Morgan fingerprint density at radius 3 is 1.40 bits per heavy atom. The highest BCUT2D eigenvalue weighted by Gasteiger charge is 2.31. The van der Waals surface area contributed by atoms with Crippen molar-refractivity contribution in [1.29, 1.82) is 5.26 Å². The van der Waals surface area contributed by atoms with Gasteiger partial charge in [0.15, 0.2) is 0 Å². The van der Waals surface area contributed by atoms with E-state index < -0.39 is 6.36 Å². The van der Waals surface area contributed by atoms with E-state index in [0.717, 1.165) is 174 Å². The molecule has 4 aromatic carbocycles. The molecule has 0 saturated carbocycles. The van der Waals surface area contributed by atoms with Crippen molar-refractivity contribution in [2.24, 2.45) is 0 Å². The smallest absolute Gasteiger partial charge is 0.465 e. The van der Waals surface area contributed by atoms with E-state index in [0.29, 0.717) is 87.7 Å². The fourth-order valence-electron chi connectivity index (χ4n) is 14.3. The third-order valence-electron chi connectivity index (χ3n) is 23.6. The lowest BCUT2D eigenvalue weighted by Crippen LogP contribution is -2.44. The number of hydrogen-bond donors (Lipinski definition) is 1. The summed E-state index contributed by atoms with van der Waals surface area (Å²) in [6.07, 6.45) is 23.9. The van der Waals surface area contributed by atoms with Gasteiger partial charge in [0.05, 0.1) is 113 Å². The van der Waals surface area contributed by atoms with Gasteiger partial charge in [0, 0.05) is 118 Å². The molecule has 150 heavy (non-hydrogen) atoms. The number of anilines is 3. The number of carbonyl (C=O) groups excluding carboxylic acids is 2. The summed E-state index contributed by atoms with van der Waals surface area (Å²) in [5, 5.41) is 13.2. The summed E-state index contributed by atoms with van der Waals surface area (Å²) in [6, 6.07) is 47.3. The largest absolute Gasteiger partial charge is 0.573 e. The van der Waals surface area contributed by atoms with E-state index in [9.17, 15) is 22.8 Å². The Labute approximate surface area is 898 Å². The molecule has 802 valence electrons. The van der Waals surface area contributed by atoms with Gasteiger partial charge in [-0.15, -0.1) is 41.3 Å². The number of nitrogens with one attached hydrogen (secondary N) is 1. The van der Waals surface area contributed by atoms with Crippen molar-refractivity contribution < 1.29 is 37.0 Å². The number of ether oxygens (including phenoxy) is 3. The number of alkyl halides is 3. The lowest BCUT2D eigenvalue weighted by Gasteiger charge is -2.33. The fraction of sp³-hybridized carbons (Fsp3) is 0.449. The van der Waals surface area contributed by atoms with Crippen LogP contribution in [-0.4, -0.2) is 191 Å². The quantitative estimate of drug-likeness (QED) is 0.0302. The molecule has 0 aliphatic carbocycles. The first-order chi connectivity index (χ1) is 71.6. The van der Waals surface area contributed by atoms with Gasteiger partial charge in [-0.25, -0.2) is 49.5 Å². The number of aryl methyl sites for hydroxylation is 1. The van der Waals surface area contributed by atoms with E-state index in [1.165, 1.54) is 61.7 Å². The van der Waals surface area contributed by atoms with E-state index in [4.69, 9.17) is 11.8 Å². The van der Waals surface area contributed by atoms with Crippen LogP contribution in [-0.2, 0) is 15.9 Å². The van der Waals surface area contributed by atoms with Gasteiger partial charge in [-0.05, 0) is 181 Å². The van der Waals surface area contributed by atoms with Gasteiger partial charge in [-0.3, -0.25) is 29.9 Å². The molecule has 32 heteroatoms. The molecule has 3 aliphatic rings.